The van der Waals surface area contributed by atoms with Crippen LogP contribution >= 0.6 is 27.3 Å². The molecule has 1 unspecified atom stereocenters. The molecule has 0 radical (unpaired) electrons. The van der Waals surface area contributed by atoms with Crippen molar-refractivity contribution in [1.82, 2.24) is 4.72 Å². The minimum Gasteiger partial charge on any atom is -0.477 e. The van der Waals surface area contributed by atoms with Crippen molar-refractivity contribution in [1.29, 1.82) is 0 Å². The molecule has 5 nitrogen and oxygen atoms in total. The fourth-order valence-corrected chi connectivity index (χ4v) is 5.69. The number of sulfonamides is 1. The van der Waals surface area contributed by atoms with E-state index in [1.165, 1.54) is 6.07 Å². The van der Waals surface area contributed by atoms with Gasteiger partial charge in [0.25, 0.3) is 0 Å². The Bertz CT molecular complexity index is 583. The van der Waals surface area contributed by atoms with Gasteiger partial charge in [0, 0.05) is 6.04 Å². The van der Waals surface area contributed by atoms with E-state index >= 15 is 0 Å². The Morgan fingerprint density at radius 1 is 1.38 bits per heavy atom. The van der Waals surface area contributed by atoms with E-state index in [1.54, 1.807) is 0 Å². The fourth-order valence-electron chi connectivity index (χ4n) is 1.98. The van der Waals surface area contributed by atoms with Gasteiger partial charge in [-0.25, -0.2) is 17.9 Å². The number of carboxylic acids is 1. The molecular weight excluding hydrogens is 378 g/mol. The van der Waals surface area contributed by atoms with Gasteiger partial charge < -0.3 is 5.11 Å². The quantitative estimate of drug-likeness (QED) is 0.662. The highest BCUT2D eigenvalue weighted by Gasteiger charge is 2.25. The molecule has 0 aromatic carbocycles. The summed E-state index contributed by atoms with van der Waals surface area (Å²) in [5, 5.41) is 8.94. The number of halogens is 1. The molecule has 0 saturated heterocycles. The number of hydrogen-bond donors (Lipinski definition) is 2. The lowest BCUT2D eigenvalue weighted by Crippen LogP contribution is -2.34. The van der Waals surface area contributed by atoms with E-state index in [-0.39, 0.29) is 15.8 Å². The third kappa shape index (κ3) is 5.36. The maximum Gasteiger partial charge on any atom is 0.345 e. The van der Waals surface area contributed by atoms with E-state index < -0.39 is 16.0 Å². The van der Waals surface area contributed by atoms with Crippen LogP contribution in [0.1, 0.15) is 55.6 Å². The van der Waals surface area contributed by atoms with Crippen LogP contribution < -0.4 is 4.72 Å². The predicted molar refractivity (Wildman–Crippen MR) is 87.5 cm³/mol. The average molecular weight is 398 g/mol. The second kappa shape index (κ2) is 8.26. The average Bonchev–Trinajstić information content (AvgIpc) is 2.79. The molecule has 1 heterocycles. The number of nitrogens with one attached hydrogen (secondary N) is 1. The summed E-state index contributed by atoms with van der Waals surface area (Å²) < 4.78 is 27.8. The Balaban J connectivity index is 2.95. The smallest absolute Gasteiger partial charge is 0.345 e. The van der Waals surface area contributed by atoms with Crippen LogP contribution in [0.2, 0.25) is 0 Å². The first kappa shape index (κ1) is 18.6. The van der Waals surface area contributed by atoms with Crippen molar-refractivity contribution >= 4 is 43.3 Å². The Morgan fingerprint density at radius 2 is 2.05 bits per heavy atom. The highest BCUT2D eigenvalue weighted by Crippen LogP contribution is 2.32. The van der Waals surface area contributed by atoms with Gasteiger partial charge in [-0.15, -0.1) is 11.3 Å². The molecule has 21 heavy (non-hydrogen) atoms. The Morgan fingerprint density at radius 3 is 2.52 bits per heavy atom. The zero-order valence-electron chi connectivity index (χ0n) is 12.1. The number of aromatic carboxylic acids is 1. The third-order valence-corrected chi connectivity index (χ3v) is 6.78. The van der Waals surface area contributed by atoms with Crippen molar-refractivity contribution in [3.63, 3.8) is 0 Å². The first-order valence-electron chi connectivity index (χ1n) is 6.86. The number of unbranched alkanes of at least 4 members (excludes halogenated alkanes) is 1. The van der Waals surface area contributed by atoms with Crippen LogP contribution in [0.25, 0.3) is 0 Å². The van der Waals surface area contributed by atoms with E-state index in [9.17, 15) is 13.2 Å². The number of hydrogen-bond acceptors (Lipinski definition) is 4. The summed E-state index contributed by atoms with van der Waals surface area (Å²) in [6, 6.07) is 1.09. The summed E-state index contributed by atoms with van der Waals surface area (Å²) in [6.07, 6.45) is 4.41. The molecule has 1 atom stereocenters. The predicted octanol–water partition coefficient (Wildman–Crippen LogP) is 3.85. The van der Waals surface area contributed by atoms with E-state index in [4.69, 9.17) is 5.11 Å². The van der Waals surface area contributed by atoms with Crippen LogP contribution in [-0.2, 0) is 10.0 Å². The van der Waals surface area contributed by atoms with Gasteiger partial charge in [0.05, 0.1) is 3.79 Å². The first-order valence-corrected chi connectivity index (χ1v) is 9.96. The van der Waals surface area contributed by atoms with E-state index in [2.05, 4.69) is 27.6 Å². The molecule has 0 aliphatic rings. The summed E-state index contributed by atoms with van der Waals surface area (Å²) in [6.45, 7) is 4.07. The van der Waals surface area contributed by atoms with Crippen molar-refractivity contribution in [2.45, 2.75) is 56.9 Å². The lowest BCUT2D eigenvalue weighted by molar-refractivity contribution is 0.0702. The Hall–Kier alpha value is -0.440. The van der Waals surface area contributed by atoms with Crippen LogP contribution in [-0.4, -0.2) is 25.5 Å². The molecule has 1 aromatic heterocycles. The summed E-state index contributed by atoms with van der Waals surface area (Å²) in [5.41, 5.74) is 0. The number of carbonyl (C=O) groups is 1. The van der Waals surface area contributed by atoms with Crippen molar-refractivity contribution in [3.8, 4) is 0 Å². The molecule has 0 saturated carbocycles. The molecule has 0 bridgehead atoms. The Kier molecular flexibility index (Phi) is 7.32. The van der Waals surface area contributed by atoms with E-state index in [0.717, 1.165) is 43.4 Å². The summed E-state index contributed by atoms with van der Waals surface area (Å²) in [4.78, 5) is 10.9. The topological polar surface area (TPSA) is 83.5 Å². The van der Waals surface area contributed by atoms with Crippen LogP contribution in [0.5, 0.6) is 0 Å². The van der Waals surface area contributed by atoms with Crippen molar-refractivity contribution in [2.75, 3.05) is 0 Å². The highest BCUT2D eigenvalue weighted by molar-refractivity contribution is 9.11. The van der Waals surface area contributed by atoms with Gasteiger partial charge in [-0.2, -0.15) is 0 Å². The lowest BCUT2D eigenvalue weighted by Gasteiger charge is -2.17. The molecule has 0 amide bonds. The van der Waals surface area contributed by atoms with E-state index in [0.29, 0.717) is 3.79 Å². The standard InChI is InChI=1S/C13H20BrNO4S2/c1-3-5-7-9(6-4-2)15-21(18,19)11-8-10(13(16)17)20-12(11)14/h8-9,15H,3-7H2,1-2H3,(H,16,17). The van der Waals surface area contributed by atoms with Gasteiger partial charge in [-0.05, 0) is 34.8 Å². The number of carboxylic acid groups (broad SMARTS) is 1. The molecule has 0 aliphatic heterocycles. The van der Waals surface area contributed by atoms with Crippen LogP contribution in [0.15, 0.2) is 14.7 Å². The molecule has 0 fully saturated rings. The fraction of sp³-hybridized carbons (Fsp3) is 0.615. The molecule has 1 aromatic rings. The van der Waals surface area contributed by atoms with Gasteiger partial charge in [0.1, 0.15) is 9.77 Å². The normalized spacial score (nSPS) is 13.3. The zero-order chi connectivity index (χ0) is 16.0. The maximum atomic E-state index is 12.4. The minimum absolute atomic E-state index is 0.00232. The van der Waals surface area contributed by atoms with Crippen molar-refractivity contribution in [3.05, 3.63) is 14.7 Å². The first-order chi connectivity index (χ1) is 9.81. The van der Waals surface area contributed by atoms with Gasteiger partial charge in [-0.3, -0.25) is 0 Å². The van der Waals surface area contributed by atoms with Crippen molar-refractivity contribution < 1.29 is 18.3 Å². The SMILES string of the molecule is CCCCC(CCC)NS(=O)(=O)c1cc(C(=O)O)sc1Br. The zero-order valence-corrected chi connectivity index (χ0v) is 15.3. The molecule has 8 heteroatoms. The summed E-state index contributed by atoms with van der Waals surface area (Å²) in [5.74, 6) is -1.13. The third-order valence-electron chi connectivity index (χ3n) is 3.02. The number of thiophene rings is 1. The minimum atomic E-state index is -3.71. The van der Waals surface area contributed by atoms with Gasteiger partial charge in [0.2, 0.25) is 10.0 Å². The van der Waals surface area contributed by atoms with E-state index in [1.807, 2.05) is 6.92 Å². The molecule has 0 aliphatic carbocycles. The summed E-state index contributed by atoms with van der Waals surface area (Å²) in [7, 11) is -3.71. The maximum absolute atomic E-state index is 12.4. The van der Waals surface area contributed by atoms with Crippen LogP contribution in [0.3, 0.4) is 0 Å². The largest absolute Gasteiger partial charge is 0.477 e. The lowest BCUT2D eigenvalue weighted by atomic mass is 10.1. The second-order valence-electron chi connectivity index (χ2n) is 4.80. The van der Waals surface area contributed by atoms with Gasteiger partial charge in [0.15, 0.2) is 0 Å². The number of rotatable bonds is 9. The second-order valence-corrected chi connectivity index (χ2v) is 8.86. The molecule has 120 valence electrons. The monoisotopic (exact) mass is 397 g/mol. The van der Waals surface area contributed by atoms with Gasteiger partial charge >= 0.3 is 5.97 Å². The molecular formula is C13H20BrNO4S2. The Labute approximate surface area is 137 Å². The van der Waals surface area contributed by atoms with Crippen molar-refractivity contribution in [2.24, 2.45) is 0 Å². The summed E-state index contributed by atoms with van der Waals surface area (Å²) >= 11 is 4.04. The molecule has 2 N–H and O–H groups in total. The molecule has 1 rings (SSSR count). The van der Waals surface area contributed by atoms with Crippen LogP contribution in [0, 0.1) is 0 Å². The van der Waals surface area contributed by atoms with Crippen LogP contribution in [0.4, 0.5) is 0 Å². The van der Waals surface area contributed by atoms with Gasteiger partial charge in [-0.1, -0.05) is 33.1 Å². The highest BCUT2D eigenvalue weighted by atomic mass is 79.9. The molecule has 0 spiro atoms.